The Labute approximate surface area is 146 Å². The lowest BCUT2D eigenvalue weighted by molar-refractivity contribution is 0.0938. The number of hydrogen-bond acceptors (Lipinski definition) is 4. The highest BCUT2D eigenvalue weighted by Crippen LogP contribution is 2.42. The summed E-state index contributed by atoms with van der Waals surface area (Å²) in [4.78, 5) is 21.9. The van der Waals surface area contributed by atoms with E-state index >= 15 is 0 Å². The van der Waals surface area contributed by atoms with Crippen molar-refractivity contribution in [1.82, 2.24) is 14.8 Å². The molecule has 2 aromatic carbocycles. The van der Waals surface area contributed by atoms with Crippen molar-refractivity contribution in [2.45, 2.75) is 6.04 Å². The monoisotopic (exact) mass is 378 g/mol. The van der Waals surface area contributed by atoms with E-state index in [4.69, 9.17) is 0 Å². The first-order chi connectivity index (χ1) is 11.7. The number of hydrogen-bond donors (Lipinski definition) is 0. The number of fused-ring (bicyclic) bond motifs is 4. The maximum atomic E-state index is 13.1. The fourth-order valence-corrected chi connectivity index (χ4v) is 3.83. The van der Waals surface area contributed by atoms with Crippen molar-refractivity contribution in [2.24, 2.45) is 10.9 Å². The lowest BCUT2D eigenvalue weighted by Gasteiger charge is -2.27. The number of nitrogens with zero attached hydrogens (tertiary/aromatic N) is 4. The molecule has 0 N–H and O–H groups in total. The Morgan fingerprint density at radius 2 is 1.75 bits per heavy atom. The molecule has 2 atom stereocenters. The van der Waals surface area contributed by atoms with Gasteiger partial charge in [-0.05, 0) is 17.7 Å². The molecule has 2 heterocycles. The van der Waals surface area contributed by atoms with Gasteiger partial charge in [0.25, 0.3) is 0 Å². The van der Waals surface area contributed by atoms with E-state index in [0.717, 1.165) is 26.9 Å². The van der Waals surface area contributed by atoms with Gasteiger partial charge in [0.2, 0.25) is 5.95 Å². The molecule has 0 saturated carbocycles. The summed E-state index contributed by atoms with van der Waals surface area (Å²) in [5.41, 5.74) is 3.45. The van der Waals surface area contributed by atoms with Gasteiger partial charge in [0.15, 0.2) is 5.78 Å². The molecular formula is C18H11BrN4O. The van der Waals surface area contributed by atoms with Crippen molar-refractivity contribution in [3.63, 3.8) is 0 Å². The minimum Gasteiger partial charge on any atom is -0.293 e. The van der Waals surface area contributed by atoms with Crippen LogP contribution in [-0.4, -0.2) is 26.3 Å². The Kier molecular flexibility index (Phi) is 2.84. The zero-order valence-electron chi connectivity index (χ0n) is 12.4. The normalized spacial score (nSPS) is 21.0. The first-order valence-electron chi connectivity index (χ1n) is 7.61. The van der Waals surface area contributed by atoms with E-state index in [1.54, 1.807) is 4.68 Å². The molecule has 5 rings (SSSR count). The average molecular weight is 379 g/mol. The molecule has 1 unspecified atom stereocenters. The summed E-state index contributed by atoms with van der Waals surface area (Å²) in [6, 6.07) is 15.4. The quantitative estimate of drug-likeness (QED) is 0.650. The van der Waals surface area contributed by atoms with Crippen molar-refractivity contribution in [3.8, 4) is 0 Å². The standard InChI is InChI=1S/C18H11BrN4O/c19-11-7-5-10(6-8-11)16-14-15(22-18-20-9-21-23(16)18)12-3-1-2-4-13(12)17(14)24/h1-9,14,16H/t14?,16-/m1/s1. The van der Waals surface area contributed by atoms with Crippen LogP contribution in [0.25, 0.3) is 0 Å². The second kappa shape index (κ2) is 4.95. The molecule has 2 aliphatic rings. The van der Waals surface area contributed by atoms with E-state index in [0.29, 0.717) is 5.95 Å². The predicted molar refractivity (Wildman–Crippen MR) is 92.8 cm³/mol. The molecule has 24 heavy (non-hydrogen) atoms. The van der Waals surface area contributed by atoms with Gasteiger partial charge in [-0.3, -0.25) is 4.79 Å². The maximum absolute atomic E-state index is 13.1. The zero-order valence-corrected chi connectivity index (χ0v) is 14.0. The second-order valence-corrected chi connectivity index (χ2v) is 6.80. The van der Waals surface area contributed by atoms with Gasteiger partial charge in [0, 0.05) is 15.6 Å². The van der Waals surface area contributed by atoms with E-state index in [9.17, 15) is 4.79 Å². The second-order valence-electron chi connectivity index (χ2n) is 5.89. The number of halogens is 1. The van der Waals surface area contributed by atoms with Gasteiger partial charge in [0.05, 0.1) is 17.7 Å². The number of carbonyl (C=O) groups excluding carboxylic acids is 1. The van der Waals surface area contributed by atoms with Crippen molar-refractivity contribution in [1.29, 1.82) is 0 Å². The van der Waals surface area contributed by atoms with Crippen LogP contribution in [0.1, 0.15) is 27.5 Å². The average Bonchev–Trinajstić information content (AvgIpc) is 3.18. The van der Waals surface area contributed by atoms with Crippen molar-refractivity contribution >= 4 is 33.4 Å². The van der Waals surface area contributed by atoms with Crippen LogP contribution in [0.3, 0.4) is 0 Å². The summed E-state index contributed by atoms with van der Waals surface area (Å²) in [5, 5.41) is 4.33. The molecule has 116 valence electrons. The predicted octanol–water partition coefficient (Wildman–Crippen LogP) is 3.58. The summed E-state index contributed by atoms with van der Waals surface area (Å²) in [5.74, 6) is 0.273. The third-order valence-electron chi connectivity index (χ3n) is 4.61. The fourth-order valence-electron chi connectivity index (χ4n) is 3.57. The molecular weight excluding hydrogens is 368 g/mol. The molecule has 6 heteroatoms. The van der Waals surface area contributed by atoms with Crippen LogP contribution in [0.4, 0.5) is 5.95 Å². The molecule has 0 radical (unpaired) electrons. The maximum Gasteiger partial charge on any atom is 0.248 e. The van der Waals surface area contributed by atoms with Gasteiger partial charge in [-0.1, -0.05) is 52.3 Å². The third-order valence-corrected chi connectivity index (χ3v) is 5.14. The van der Waals surface area contributed by atoms with Crippen LogP contribution in [0.15, 0.2) is 64.3 Å². The first kappa shape index (κ1) is 13.8. The van der Waals surface area contributed by atoms with Crippen molar-refractivity contribution in [2.75, 3.05) is 0 Å². The number of rotatable bonds is 1. The Bertz CT molecular complexity index is 1010. The minimum absolute atomic E-state index is 0.0958. The highest BCUT2D eigenvalue weighted by Gasteiger charge is 2.46. The van der Waals surface area contributed by atoms with Gasteiger partial charge in [0.1, 0.15) is 6.33 Å². The molecule has 1 aromatic heterocycles. The number of aliphatic imine (C=N–C) groups is 1. The van der Waals surface area contributed by atoms with Gasteiger partial charge in [-0.2, -0.15) is 10.1 Å². The first-order valence-corrected chi connectivity index (χ1v) is 8.40. The Balaban J connectivity index is 1.76. The van der Waals surface area contributed by atoms with Crippen LogP contribution in [0.5, 0.6) is 0 Å². The molecule has 3 aromatic rings. The Hall–Kier alpha value is -2.60. The SMILES string of the molecule is O=C1c2ccccc2C2=Nc3ncnn3[C@H](c3ccc(Br)cc3)C12. The Morgan fingerprint density at radius 1 is 1.00 bits per heavy atom. The highest BCUT2D eigenvalue weighted by atomic mass is 79.9. The summed E-state index contributed by atoms with van der Waals surface area (Å²) in [7, 11) is 0. The van der Waals surface area contributed by atoms with Gasteiger partial charge in [-0.15, -0.1) is 0 Å². The number of Topliss-reactive ketones (excluding diaryl/α,β-unsaturated/α-hetero) is 1. The molecule has 0 spiro atoms. The highest BCUT2D eigenvalue weighted by molar-refractivity contribution is 9.10. The van der Waals surface area contributed by atoms with Crippen LogP contribution >= 0.6 is 15.9 Å². The number of aromatic nitrogens is 3. The van der Waals surface area contributed by atoms with E-state index in [-0.39, 0.29) is 17.7 Å². The zero-order chi connectivity index (χ0) is 16.3. The molecule has 1 aliphatic carbocycles. The summed E-state index contributed by atoms with van der Waals surface area (Å²) < 4.78 is 2.75. The van der Waals surface area contributed by atoms with Crippen molar-refractivity contribution < 1.29 is 4.79 Å². The largest absolute Gasteiger partial charge is 0.293 e. The van der Waals surface area contributed by atoms with E-state index in [1.807, 2.05) is 48.5 Å². The minimum atomic E-state index is -0.363. The lowest BCUT2D eigenvalue weighted by atomic mass is 9.87. The summed E-state index contributed by atoms with van der Waals surface area (Å²) in [6.07, 6.45) is 1.49. The molecule has 5 nitrogen and oxygen atoms in total. The molecule has 0 fully saturated rings. The van der Waals surface area contributed by atoms with E-state index in [1.165, 1.54) is 6.33 Å². The number of benzene rings is 2. The van der Waals surface area contributed by atoms with E-state index in [2.05, 4.69) is 31.0 Å². The third kappa shape index (κ3) is 1.80. The van der Waals surface area contributed by atoms with Crippen LogP contribution in [0, 0.1) is 5.92 Å². The molecule has 0 bridgehead atoms. The van der Waals surface area contributed by atoms with Gasteiger partial charge in [-0.25, -0.2) is 9.67 Å². The molecule has 0 saturated heterocycles. The fraction of sp³-hybridized carbons (Fsp3) is 0.111. The lowest BCUT2D eigenvalue weighted by Crippen LogP contribution is -2.32. The number of carbonyl (C=O) groups is 1. The van der Waals surface area contributed by atoms with Crippen LogP contribution in [-0.2, 0) is 0 Å². The van der Waals surface area contributed by atoms with Gasteiger partial charge < -0.3 is 0 Å². The smallest absolute Gasteiger partial charge is 0.248 e. The van der Waals surface area contributed by atoms with Crippen LogP contribution in [0.2, 0.25) is 0 Å². The Morgan fingerprint density at radius 3 is 2.54 bits per heavy atom. The van der Waals surface area contributed by atoms with Crippen LogP contribution < -0.4 is 0 Å². The van der Waals surface area contributed by atoms with Crippen molar-refractivity contribution in [3.05, 3.63) is 76.0 Å². The topological polar surface area (TPSA) is 60.1 Å². The number of ketones is 1. The van der Waals surface area contributed by atoms with E-state index < -0.39 is 0 Å². The molecule has 1 aliphatic heterocycles. The summed E-state index contributed by atoms with van der Waals surface area (Å²) >= 11 is 3.46. The molecule has 0 amide bonds. The summed E-state index contributed by atoms with van der Waals surface area (Å²) in [6.45, 7) is 0. The van der Waals surface area contributed by atoms with Gasteiger partial charge >= 0.3 is 0 Å².